The van der Waals surface area contributed by atoms with E-state index in [0.717, 1.165) is 16.7 Å². The third-order valence-electron chi connectivity index (χ3n) is 5.94. The first kappa shape index (κ1) is 26.7. The van der Waals surface area contributed by atoms with Gasteiger partial charge < -0.3 is 30.3 Å². The molecule has 0 spiro atoms. The van der Waals surface area contributed by atoms with Crippen LogP contribution in [0.5, 0.6) is 0 Å². The molecule has 2 amide bonds. The van der Waals surface area contributed by atoms with E-state index in [2.05, 4.69) is 10.6 Å². The molecule has 0 bridgehead atoms. The van der Waals surface area contributed by atoms with Gasteiger partial charge in [-0.2, -0.15) is 0 Å². The molecule has 9 heteroatoms. The minimum Gasteiger partial charge on any atom is -0.478 e. The number of benzene rings is 3. The van der Waals surface area contributed by atoms with Crippen molar-refractivity contribution in [1.29, 1.82) is 0 Å². The van der Waals surface area contributed by atoms with Crippen LogP contribution in [0.3, 0.4) is 0 Å². The number of anilines is 1. The predicted octanol–water partition coefficient (Wildman–Crippen LogP) is 5.36. The minimum absolute atomic E-state index is 0.0313. The highest BCUT2D eigenvalue weighted by molar-refractivity contribution is 7.99. The number of carboxylic acids is 1. The number of hydrogen-bond acceptors (Lipinski definition) is 6. The molecule has 8 nitrogen and oxygen atoms in total. The molecule has 4 N–H and O–H groups in total. The Balaban J connectivity index is 1.52. The van der Waals surface area contributed by atoms with Crippen molar-refractivity contribution in [2.75, 3.05) is 17.6 Å². The lowest BCUT2D eigenvalue weighted by atomic mass is 10.0. The number of aromatic carboxylic acids is 1. The van der Waals surface area contributed by atoms with E-state index in [-0.39, 0.29) is 30.4 Å². The van der Waals surface area contributed by atoms with Gasteiger partial charge in [0.05, 0.1) is 24.4 Å². The van der Waals surface area contributed by atoms with Gasteiger partial charge in [-0.25, -0.2) is 9.59 Å². The van der Waals surface area contributed by atoms with Gasteiger partial charge in [0.25, 0.3) is 0 Å². The fraction of sp³-hybridized carbons (Fsp3) is 0.286. The summed E-state index contributed by atoms with van der Waals surface area (Å²) in [5, 5.41) is 24.4. The maximum Gasteiger partial charge on any atom is 0.336 e. The second-order valence-corrected chi connectivity index (χ2v) is 9.63. The van der Waals surface area contributed by atoms with Crippen molar-refractivity contribution in [3.63, 3.8) is 0 Å². The van der Waals surface area contributed by atoms with E-state index in [1.165, 1.54) is 11.8 Å². The largest absolute Gasteiger partial charge is 0.478 e. The van der Waals surface area contributed by atoms with Crippen LogP contribution >= 0.6 is 11.8 Å². The van der Waals surface area contributed by atoms with Crippen LogP contribution in [0.25, 0.3) is 0 Å². The highest BCUT2D eigenvalue weighted by Crippen LogP contribution is 2.40. The van der Waals surface area contributed by atoms with E-state index in [1.54, 1.807) is 30.3 Å². The van der Waals surface area contributed by atoms with Crippen LogP contribution in [0.1, 0.15) is 52.8 Å². The van der Waals surface area contributed by atoms with Crippen LogP contribution in [0.4, 0.5) is 10.5 Å². The number of hydrogen-bond donors (Lipinski definition) is 4. The molecule has 3 atom stereocenters. The molecule has 1 heterocycles. The molecule has 1 aliphatic rings. The zero-order valence-electron chi connectivity index (χ0n) is 20.4. The Morgan fingerprint density at radius 1 is 0.973 bits per heavy atom. The number of carboxylic acid groups (broad SMARTS) is 1. The van der Waals surface area contributed by atoms with Crippen molar-refractivity contribution in [3.05, 3.63) is 95.1 Å². The average Bonchev–Trinajstić information content (AvgIpc) is 2.92. The van der Waals surface area contributed by atoms with Gasteiger partial charge in [0.15, 0.2) is 6.29 Å². The van der Waals surface area contributed by atoms with Crippen LogP contribution in [0.15, 0.2) is 77.7 Å². The molecule has 0 aromatic heterocycles. The van der Waals surface area contributed by atoms with Crippen molar-refractivity contribution in [2.45, 2.75) is 43.3 Å². The Bertz CT molecular complexity index is 1200. The van der Waals surface area contributed by atoms with Crippen molar-refractivity contribution in [1.82, 2.24) is 5.32 Å². The number of carbonyl (C=O) groups excluding carboxylic acids is 1. The molecule has 1 fully saturated rings. The normalized spacial score (nSPS) is 19.2. The molecule has 0 saturated carbocycles. The summed E-state index contributed by atoms with van der Waals surface area (Å²) in [7, 11) is 0. The summed E-state index contributed by atoms with van der Waals surface area (Å²) in [5.74, 6) is -0.413. The van der Waals surface area contributed by atoms with Crippen molar-refractivity contribution in [2.24, 2.45) is 0 Å². The van der Waals surface area contributed by atoms with E-state index in [1.807, 2.05) is 49.4 Å². The quantitative estimate of drug-likeness (QED) is 0.280. The summed E-state index contributed by atoms with van der Waals surface area (Å²) >= 11 is 1.45. The van der Waals surface area contributed by atoms with Crippen LogP contribution in [-0.2, 0) is 16.1 Å². The van der Waals surface area contributed by atoms with Crippen LogP contribution in [0, 0.1) is 0 Å². The second kappa shape index (κ2) is 12.7. The third kappa shape index (κ3) is 7.11. The van der Waals surface area contributed by atoms with Crippen molar-refractivity contribution >= 4 is 29.4 Å². The van der Waals surface area contributed by atoms with Gasteiger partial charge in [-0.05, 0) is 42.3 Å². The maximum atomic E-state index is 11.8. The Morgan fingerprint density at radius 2 is 1.68 bits per heavy atom. The number of amides is 2. The Morgan fingerprint density at radius 3 is 2.35 bits per heavy atom. The Hall–Kier alpha value is -3.37. The summed E-state index contributed by atoms with van der Waals surface area (Å²) in [5.41, 5.74) is 3.52. The lowest BCUT2D eigenvalue weighted by Crippen LogP contribution is -2.31. The van der Waals surface area contributed by atoms with Gasteiger partial charge in [-0.15, -0.1) is 11.8 Å². The highest BCUT2D eigenvalue weighted by Gasteiger charge is 2.32. The topological polar surface area (TPSA) is 117 Å². The molecule has 194 valence electrons. The number of aliphatic hydroxyl groups is 1. The fourth-order valence-corrected chi connectivity index (χ4v) is 5.10. The van der Waals surface area contributed by atoms with Crippen LogP contribution < -0.4 is 10.6 Å². The number of urea groups is 1. The predicted molar refractivity (Wildman–Crippen MR) is 142 cm³/mol. The van der Waals surface area contributed by atoms with Gasteiger partial charge in [0.2, 0.25) is 0 Å². The molecule has 4 rings (SSSR count). The SMILES string of the molecule is CCNC(=O)Nc1ccc([C@@H]2O[C@H](CSc3ccccc3C(=O)O)C[C@H](c3ccc(CO)cc3)O2)cc1. The second-order valence-electron chi connectivity index (χ2n) is 8.57. The van der Waals surface area contributed by atoms with E-state index in [4.69, 9.17) is 9.47 Å². The molecule has 37 heavy (non-hydrogen) atoms. The van der Waals surface area contributed by atoms with Crippen LogP contribution in [-0.4, -0.2) is 40.6 Å². The minimum atomic E-state index is -0.961. The van der Waals surface area contributed by atoms with Gasteiger partial charge in [-0.3, -0.25) is 0 Å². The number of rotatable bonds is 9. The average molecular weight is 523 g/mol. The van der Waals surface area contributed by atoms with Crippen molar-refractivity contribution < 1.29 is 29.3 Å². The molecule has 1 aliphatic heterocycles. The Labute approximate surface area is 220 Å². The molecule has 0 aliphatic carbocycles. The fourth-order valence-electron chi connectivity index (χ4n) is 4.03. The summed E-state index contributed by atoms with van der Waals surface area (Å²) < 4.78 is 12.7. The summed E-state index contributed by atoms with van der Waals surface area (Å²) in [6, 6.07) is 21.6. The molecule has 1 saturated heterocycles. The number of carbonyl (C=O) groups is 2. The summed E-state index contributed by atoms with van der Waals surface area (Å²) in [6.07, 6.45) is -0.509. The molecule has 0 unspecified atom stereocenters. The molecule has 3 aromatic carbocycles. The number of thioether (sulfide) groups is 1. The third-order valence-corrected chi connectivity index (χ3v) is 7.14. The van der Waals surface area contributed by atoms with E-state index < -0.39 is 12.3 Å². The van der Waals surface area contributed by atoms with E-state index >= 15 is 0 Å². The molecule has 0 radical (unpaired) electrons. The summed E-state index contributed by atoms with van der Waals surface area (Å²) in [4.78, 5) is 24.1. The monoisotopic (exact) mass is 522 g/mol. The number of nitrogens with one attached hydrogen (secondary N) is 2. The number of ether oxygens (including phenoxy) is 2. The molecule has 3 aromatic rings. The molecular weight excluding hydrogens is 492 g/mol. The maximum absolute atomic E-state index is 11.8. The first-order valence-electron chi connectivity index (χ1n) is 12.1. The lowest BCUT2D eigenvalue weighted by Gasteiger charge is -2.36. The smallest absolute Gasteiger partial charge is 0.336 e. The first-order valence-corrected chi connectivity index (χ1v) is 13.1. The standard InChI is InChI=1S/C28H30N2O6S/c1-2-29-28(34)30-21-13-11-20(12-14-21)27-35-22(17-37-25-6-4-3-5-23(25)26(32)33)15-24(36-27)19-9-7-18(16-31)8-10-19/h3-14,22,24,27,31H,2,15-17H2,1H3,(H,32,33)(H2,29,30,34)/t22-,24+,27+/m0/s1. The first-order chi connectivity index (χ1) is 18.0. The van der Waals surface area contributed by atoms with Crippen molar-refractivity contribution in [3.8, 4) is 0 Å². The lowest BCUT2D eigenvalue weighted by molar-refractivity contribution is -0.245. The highest BCUT2D eigenvalue weighted by atomic mass is 32.2. The van der Waals surface area contributed by atoms with Gasteiger partial charge in [0.1, 0.15) is 0 Å². The van der Waals surface area contributed by atoms with Gasteiger partial charge in [-0.1, -0.05) is 48.5 Å². The molecular formula is C28H30N2O6S. The van der Waals surface area contributed by atoms with E-state index in [0.29, 0.717) is 29.3 Å². The van der Waals surface area contributed by atoms with E-state index in [9.17, 15) is 19.8 Å². The zero-order chi connectivity index (χ0) is 26.2. The summed E-state index contributed by atoms with van der Waals surface area (Å²) in [6.45, 7) is 2.35. The van der Waals surface area contributed by atoms with Gasteiger partial charge >= 0.3 is 12.0 Å². The number of aliphatic hydroxyl groups excluding tert-OH is 1. The zero-order valence-corrected chi connectivity index (χ0v) is 21.2. The van der Waals surface area contributed by atoms with Crippen LogP contribution in [0.2, 0.25) is 0 Å². The van der Waals surface area contributed by atoms with Gasteiger partial charge in [0, 0.05) is 34.9 Å². The Kier molecular flexibility index (Phi) is 9.19.